The van der Waals surface area contributed by atoms with Gasteiger partial charge in [-0.25, -0.2) is 4.39 Å². The lowest BCUT2D eigenvalue weighted by molar-refractivity contribution is 0.0907. The standard InChI is InChI=1S/C16H20FN3O2/c1-10(2)13-8-14(20(3)19-13)16(22)18-9-15(21)11-4-6-12(17)7-5-11/h4-8,10,15,21H,9H2,1-3H3,(H,18,22). The molecule has 2 aromatic rings. The van der Waals surface area contributed by atoms with Gasteiger partial charge in [-0.15, -0.1) is 0 Å². The van der Waals surface area contributed by atoms with Gasteiger partial charge in [0.25, 0.3) is 5.91 Å². The molecule has 1 aromatic carbocycles. The van der Waals surface area contributed by atoms with Crippen molar-refractivity contribution in [3.8, 4) is 0 Å². The molecular weight excluding hydrogens is 285 g/mol. The molecule has 1 heterocycles. The highest BCUT2D eigenvalue weighted by atomic mass is 19.1. The van der Waals surface area contributed by atoms with E-state index >= 15 is 0 Å². The highest BCUT2D eigenvalue weighted by Crippen LogP contribution is 2.15. The van der Waals surface area contributed by atoms with E-state index < -0.39 is 6.10 Å². The number of benzene rings is 1. The minimum absolute atomic E-state index is 0.0483. The Hall–Kier alpha value is -2.21. The average Bonchev–Trinajstić information content (AvgIpc) is 2.87. The van der Waals surface area contributed by atoms with Crippen molar-refractivity contribution in [1.29, 1.82) is 0 Å². The summed E-state index contributed by atoms with van der Waals surface area (Å²) in [6.45, 7) is 4.05. The minimum atomic E-state index is -0.887. The Kier molecular flexibility index (Phi) is 4.92. The van der Waals surface area contributed by atoms with Crippen LogP contribution in [-0.4, -0.2) is 27.3 Å². The first-order valence-corrected chi connectivity index (χ1v) is 7.14. The lowest BCUT2D eigenvalue weighted by Gasteiger charge is -2.12. The van der Waals surface area contributed by atoms with E-state index in [0.717, 1.165) is 5.69 Å². The molecule has 0 bridgehead atoms. The number of carbonyl (C=O) groups is 1. The number of hydrogen-bond donors (Lipinski definition) is 2. The maximum Gasteiger partial charge on any atom is 0.269 e. The number of halogens is 1. The molecule has 22 heavy (non-hydrogen) atoms. The van der Waals surface area contributed by atoms with Gasteiger partial charge in [-0.1, -0.05) is 26.0 Å². The fourth-order valence-corrected chi connectivity index (χ4v) is 2.07. The summed E-state index contributed by atoms with van der Waals surface area (Å²) in [4.78, 5) is 12.1. The fourth-order valence-electron chi connectivity index (χ4n) is 2.07. The van der Waals surface area contributed by atoms with Gasteiger partial charge in [0.15, 0.2) is 0 Å². The molecule has 0 spiro atoms. The van der Waals surface area contributed by atoms with Crippen LogP contribution in [0.2, 0.25) is 0 Å². The Morgan fingerprint density at radius 1 is 1.36 bits per heavy atom. The summed E-state index contributed by atoms with van der Waals surface area (Å²) in [5.74, 6) is -0.434. The van der Waals surface area contributed by atoms with Crippen LogP contribution in [0.15, 0.2) is 30.3 Å². The number of hydrogen-bond acceptors (Lipinski definition) is 3. The molecule has 0 aliphatic rings. The van der Waals surface area contributed by atoms with Gasteiger partial charge in [0, 0.05) is 13.6 Å². The molecule has 2 N–H and O–H groups in total. The van der Waals surface area contributed by atoms with Crippen LogP contribution in [0.25, 0.3) is 0 Å². The van der Waals surface area contributed by atoms with Crippen LogP contribution in [0.4, 0.5) is 4.39 Å². The van der Waals surface area contributed by atoms with E-state index in [9.17, 15) is 14.3 Å². The third kappa shape index (κ3) is 3.71. The number of amides is 1. The second-order valence-corrected chi connectivity index (χ2v) is 5.51. The third-order valence-electron chi connectivity index (χ3n) is 3.43. The Balaban J connectivity index is 1.99. The molecule has 5 nitrogen and oxygen atoms in total. The molecule has 1 aromatic heterocycles. The Bertz CT molecular complexity index is 650. The van der Waals surface area contributed by atoms with Crippen molar-refractivity contribution in [3.05, 3.63) is 53.1 Å². The van der Waals surface area contributed by atoms with Crippen molar-refractivity contribution in [2.75, 3.05) is 6.54 Å². The summed E-state index contributed by atoms with van der Waals surface area (Å²) < 4.78 is 14.4. The molecule has 0 radical (unpaired) electrons. The average molecular weight is 305 g/mol. The number of aromatic nitrogens is 2. The lowest BCUT2D eigenvalue weighted by atomic mass is 10.1. The highest BCUT2D eigenvalue weighted by Gasteiger charge is 2.16. The monoisotopic (exact) mass is 305 g/mol. The Morgan fingerprint density at radius 3 is 2.55 bits per heavy atom. The Labute approximate surface area is 128 Å². The highest BCUT2D eigenvalue weighted by molar-refractivity contribution is 5.92. The summed E-state index contributed by atoms with van der Waals surface area (Å²) in [7, 11) is 1.71. The van der Waals surface area contributed by atoms with Crippen LogP contribution in [0.5, 0.6) is 0 Å². The number of nitrogens with one attached hydrogen (secondary N) is 1. The van der Waals surface area contributed by atoms with Crippen molar-refractivity contribution in [2.24, 2.45) is 7.05 Å². The van der Waals surface area contributed by atoms with E-state index in [1.807, 2.05) is 13.8 Å². The number of aliphatic hydroxyl groups excluding tert-OH is 1. The smallest absolute Gasteiger partial charge is 0.269 e. The zero-order valence-electron chi connectivity index (χ0n) is 12.9. The second-order valence-electron chi connectivity index (χ2n) is 5.51. The molecule has 0 saturated carbocycles. The third-order valence-corrected chi connectivity index (χ3v) is 3.43. The van der Waals surface area contributed by atoms with Gasteiger partial charge in [0.05, 0.1) is 11.8 Å². The molecule has 0 saturated heterocycles. The van der Waals surface area contributed by atoms with Crippen LogP contribution in [0.3, 0.4) is 0 Å². The summed E-state index contributed by atoms with van der Waals surface area (Å²) in [6, 6.07) is 7.28. The lowest BCUT2D eigenvalue weighted by Crippen LogP contribution is -2.29. The molecule has 0 aliphatic carbocycles. The van der Waals surface area contributed by atoms with E-state index in [-0.39, 0.29) is 24.2 Å². The quantitative estimate of drug-likeness (QED) is 0.889. The molecule has 1 unspecified atom stereocenters. The Morgan fingerprint density at radius 2 is 2.00 bits per heavy atom. The van der Waals surface area contributed by atoms with Crippen molar-refractivity contribution >= 4 is 5.91 Å². The van der Waals surface area contributed by atoms with Gasteiger partial charge in [0.1, 0.15) is 11.5 Å². The van der Waals surface area contributed by atoms with Crippen LogP contribution < -0.4 is 5.32 Å². The first-order chi connectivity index (χ1) is 10.4. The summed E-state index contributed by atoms with van der Waals surface area (Å²) in [5.41, 5.74) is 1.83. The van der Waals surface area contributed by atoms with Crippen molar-refractivity contribution < 1.29 is 14.3 Å². The number of nitrogens with zero attached hydrogens (tertiary/aromatic N) is 2. The number of rotatable bonds is 5. The first-order valence-electron chi connectivity index (χ1n) is 7.14. The molecular formula is C16H20FN3O2. The summed E-state index contributed by atoms with van der Waals surface area (Å²) >= 11 is 0. The van der Waals surface area contributed by atoms with E-state index in [1.165, 1.54) is 28.9 Å². The topological polar surface area (TPSA) is 67.2 Å². The molecule has 6 heteroatoms. The van der Waals surface area contributed by atoms with E-state index in [0.29, 0.717) is 11.3 Å². The van der Waals surface area contributed by atoms with Gasteiger partial charge in [0.2, 0.25) is 0 Å². The molecule has 2 rings (SSSR count). The summed E-state index contributed by atoms with van der Waals surface area (Å²) in [5, 5.41) is 16.9. The summed E-state index contributed by atoms with van der Waals surface area (Å²) in [6.07, 6.45) is -0.887. The predicted octanol–water partition coefficient (Wildman–Crippen LogP) is 2.15. The maximum absolute atomic E-state index is 12.8. The van der Waals surface area contributed by atoms with Crippen LogP contribution in [-0.2, 0) is 7.05 Å². The molecule has 0 aliphatic heterocycles. The number of aryl methyl sites for hydroxylation is 1. The van der Waals surface area contributed by atoms with Gasteiger partial charge >= 0.3 is 0 Å². The van der Waals surface area contributed by atoms with Crippen molar-refractivity contribution in [3.63, 3.8) is 0 Å². The van der Waals surface area contributed by atoms with Crippen LogP contribution >= 0.6 is 0 Å². The van der Waals surface area contributed by atoms with Gasteiger partial charge in [-0.05, 0) is 29.7 Å². The normalized spacial score (nSPS) is 12.5. The molecule has 0 fully saturated rings. The van der Waals surface area contributed by atoms with Gasteiger partial charge in [-0.2, -0.15) is 5.10 Å². The first kappa shape index (κ1) is 16.2. The zero-order chi connectivity index (χ0) is 16.3. The van der Waals surface area contributed by atoms with Crippen LogP contribution in [0.1, 0.15) is 47.6 Å². The number of carbonyl (C=O) groups excluding carboxylic acids is 1. The van der Waals surface area contributed by atoms with Gasteiger partial charge in [-0.3, -0.25) is 9.48 Å². The van der Waals surface area contributed by atoms with Crippen molar-refractivity contribution in [1.82, 2.24) is 15.1 Å². The minimum Gasteiger partial charge on any atom is -0.387 e. The maximum atomic E-state index is 12.8. The molecule has 118 valence electrons. The second kappa shape index (κ2) is 6.70. The van der Waals surface area contributed by atoms with E-state index in [1.54, 1.807) is 13.1 Å². The molecule has 1 atom stereocenters. The number of aliphatic hydroxyl groups is 1. The van der Waals surface area contributed by atoms with E-state index in [4.69, 9.17) is 0 Å². The van der Waals surface area contributed by atoms with Gasteiger partial charge < -0.3 is 10.4 Å². The predicted molar refractivity (Wildman–Crippen MR) is 81.0 cm³/mol. The fraction of sp³-hybridized carbons (Fsp3) is 0.375. The SMILES string of the molecule is CC(C)c1cc(C(=O)NCC(O)c2ccc(F)cc2)n(C)n1. The molecule has 1 amide bonds. The zero-order valence-corrected chi connectivity index (χ0v) is 12.9. The van der Waals surface area contributed by atoms with Crippen molar-refractivity contribution in [2.45, 2.75) is 25.9 Å². The van der Waals surface area contributed by atoms with E-state index in [2.05, 4.69) is 10.4 Å². The largest absolute Gasteiger partial charge is 0.387 e. The van der Waals surface area contributed by atoms with Crippen LogP contribution in [0, 0.1) is 5.82 Å².